The summed E-state index contributed by atoms with van der Waals surface area (Å²) in [5.41, 5.74) is 5.72. The number of nitrogens with two attached hydrogens (primary N) is 1. The van der Waals surface area contributed by atoms with Crippen LogP contribution in [0.25, 0.3) is 0 Å². The zero-order chi connectivity index (χ0) is 15.5. The number of rotatable bonds is 3. The lowest BCUT2D eigenvalue weighted by Gasteiger charge is -2.19. The molecule has 110 valence electrons. The summed E-state index contributed by atoms with van der Waals surface area (Å²) < 4.78 is 5.12. The summed E-state index contributed by atoms with van der Waals surface area (Å²) in [4.78, 5) is 23.4. The van der Waals surface area contributed by atoms with Crippen LogP contribution in [0.15, 0.2) is 18.2 Å². The highest BCUT2D eigenvalue weighted by molar-refractivity contribution is 6.34. The number of amides is 1. The van der Waals surface area contributed by atoms with Crippen molar-refractivity contribution in [3.63, 3.8) is 0 Å². The molecule has 0 aliphatic heterocycles. The average Bonchev–Trinajstić information content (AvgIpc) is 2.25. The van der Waals surface area contributed by atoms with Crippen molar-refractivity contribution in [2.75, 3.05) is 5.32 Å². The fourth-order valence-corrected chi connectivity index (χ4v) is 1.73. The maximum atomic E-state index is 11.8. The van der Waals surface area contributed by atoms with Gasteiger partial charge in [-0.1, -0.05) is 11.6 Å². The Kier molecular flexibility index (Phi) is 5.14. The first-order valence-electron chi connectivity index (χ1n) is 6.19. The van der Waals surface area contributed by atoms with Crippen molar-refractivity contribution in [1.82, 2.24) is 0 Å². The fourth-order valence-electron chi connectivity index (χ4n) is 1.46. The molecular formula is C14H19ClN2O3. The molecule has 1 aromatic rings. The summed E-state index contributed by atoms with van der Waals surface area (Å²) in [5.74, 6) is -0.251. The van der Waals surface area contributed by atoms with Gasteiger partial charge in [-0.15, -0.1) is 0 Å². The molecule has 0 spiro atoms. The van der Waals surface area contributed by atoms with E-state index in [0.29, 0.717) is 11.3 Å². The topological polar surface area (TPSA) is 81.4 Å². The smallest absolute Gasteiger partial charge is 0.412 e. The van der Waals surface area contributed by atoms with E-state index >= 15 is 0 Å². The molecule has 0 aromatic heterocycles. The van der Waals surface area contributed by atoms with E-state index in [9.17, 15) is 9.59 Å². The maximum absolute atomic E-state index is 11.8. The lowest BCUT2D eigenvalue weighted by molar-refractivity contribution is 0.0636. The van der Waals surface area contributed by atoms with Crippen LogP contribution >= 0.6 is 11.6 Å². The molecule has 1 unspecified atom stereocenters. The first kappa shape index (κ1) is 16.5. The molecule has 1 atom stereocenters. The largest absolute Gasteiger partial charge is 0.444 e. The molecule has 0 fully saturated rings. The van der Waals surface area contributed by atoms with Gasteiger partial charge < -0.3 is 10.5 Å². The number of hydrogen-bond acceptors (Lipinski definition) is 4. The second-order valence-corrected chi connectivity index (χ2v) is 5.88. The third kappa shape index (κ3) is 4.83. The van der Waals surface area contributed by atoms with E-state index in [1.54, 1.807) is 33.8 Å². The number of nitrogens with one attached hydrogen (secondary N) is 1. The first-order valence-corrected chi connectivity index (χ1v) is 6.57. The number of ether oxygens (including phenoxy) is 1. The monoisotopic (exact) mass is 298 g/mol. The second-order valence-electron chi connectivity index (χ2n) is 5.47. The van der Waals surface area contributed by atoms with Crippen molar-refractivity contribution in [3.05, 3.63) is 28.8 Å². The Balaban J connectivity index is 2.83. The van der Waals surface area contributed by atoms with E-state index in [2.05, 4.69) is 5.32 Å². The number of ketones is 1. The summed E-state index contributed by atoms with van der Waals surface area (Å²) in [6.07, 6.45) is -0.583. The van der Waals surface area contributed by atoms with Crippen molar-refractivity contribution in [3.8, 4) is 0 Å². The lowest BCUT2D eigenvalue weighted by atomic mass is 10.1. The Hall–Kier alpha value is -1.59. The van der Waals surface area contributed by atoms with Crippen LogP contribution in [0, 0.1) is 0 Å². The lowest BCUT2D eigenvalue weighted by Crippen LogP contribution is -2.28. The number of anilines is 1. The van der Waals surface area contributed by atoms with Gasteiger partial charge in [0.05, 0.1) is 11.1 Å². The van der Waals surface area contributed by atoms with Crippen molar-refractivity contribution in [1.29, 1.82) is 0 Å². The number of Topliss-reactive ketones (excluding diaryl/α,β-unsaturated/α-hetero) is 1. The zero-order valence-electron chi connectivity index (χ0n) is 12.0. The molecule has 3 N–H and O–H groups in total. The molecule has 1 amide bonds. The minimum Gasteiger partial charge on any atom is -0.444 e. The van der Waals surface area contributed by atoms with Crippen LogP contribution < -0.4 is 11.1 Å². The quantitative estimate of drug-likeness (QED) is 0.840. The van der Waals surface area contributed by atoms with Crippen LogP contribution in [0.5, 0.6) is 0 Å². The van der Waals surface area contributed by atoms with Gasteiger partial charge in [0.2, 0.25) is 0 Å². The van der Waals surface area contributed by atoms with Crippen molar-refractivity contribution in [2.45, 2.75) is 39.3 Å². The molecule has 0 saturated heterocycles. The second kappa shape index (κ2) is 6.24. The van der Waals surface area contributed by atoms with Gasteiger partial charge in [-0.25, -0.2) is 4.79 Å². The average molecular weight is 299 g/mol. The summed E-state index contributed by atoms with van der Waals surface area (Å²) in [7, 11) is 0. The van der Waals surface area contributed by atoms with Crippen LogP contribution in [0.1, 0.15) is 38.1 Å². The molecule has 0 aliphatic rings. The fraction of sp³-hybridized carbons (Fsp3) is 0.429. The van der Waals surface area contributed by atoms with Gasteiger partial charge in [0, 0.05) is 11.3 Å². The standard InChI is InChI=1S/C14H19ClN2O3/c1-8(16)12(18)10-6-5-9(7-11(10)15)17-13(19)20-14(2,3)4/h5-8H,16H2,1-4H3,(H,17,19). The Labute approximate surface area is 123 Å². The number of hydrogen-bond donors (Lipinski definition) is 2. The Morgan fingerprint density at radius 3 is 2.40 bits per heavy atom. The molecular weight excluding hydrogens is 280 g/mol. The number of benzene rings is 1. The molecule has 5 nitrogen and oxygen atoms in total. The molecule has 20 heavy (non-hydrogen) atoms. The van der Waals surface area contributed by atoms with Crippen LogP contribution in [0.4, 0.5) is 10.5 Å². The van der Waals surface area contributed by atoms with Gasteiger partial charge in [0.1, 0.15) is 5.60 Å². The van der Waals surface area contributed by atoms with Crippen LogP contribution in [0.2, 0.25) is 5.02 Å². The van der Waals surface area contributed by atoms with Crippen molar-refractivity contribution >= 4 is 29.2 Å². The van der Waals surface area contributed by atoms with E-state index in [4.69, 9.17) is 22.1 Å². The minimum atomic E-state index is -0.628. The van der Waals surface area contributed by atoms with E-state index in [0.717, 1.165) is 0 Å². The molecule has 1 aromatic carbocycles. The van der Waals surface area contributed by atoms with Crippen molar-refractivity contribution in [2.24, 2.45) is 5.73 Å². The Bertz CT molecular complexity index is 522. The van der Waals surface area contributed by atoms with Crippen molar-refractivity contribution < 1.29 is 14.3 Å². The van der Waals surface area contributed by atoms with E-state index in [-0.39, 0.29) is 10.8 Å². The summed E-state index contributed by atoms with van der Waals surface area (Å²) in [6, 6.07) is 3.96. The third-order valence-corrected chi connectivity index (χ3v) is 2.61. The van der Waals surface area contributed by atoms with Gasteiger partial charge in [0.25, 0.3) is 0 Å². The zero-order valence-corrected chi connectivity index (χ0v) is 12.7. The predicted octanol–water partition coefficient (Wildman–Crippen LogP) is 3.22. The molecule has 6 heteroatoms. The van der Waals surface area contributed by atoms with E-state index < -0.39 is 17.7 Å². The molecule has 0 radical (unpaired) electrons. The molecule has 0 saturated carbocycles. The Morgan fingerprint density at radius 1 is 1.35 bits per heavy atom. The third-order valence-electron chi connectivity index (χ3n) is 2.29. The minimum absolute atomic E-state index is 0.237. The predicted molar refractivity (Wildman–Crippen MR) is 79.3 cm³/mol. The highest BCUT2D eigenvalue weighted by Crippen LogP contribution is 2.22. The molecule has 1 rings (SSSR count). The highest BCUT2D eigenvalue weighted by Gasteiger charge is 2.18. The van der Waals surface area contributed by atoms with E-state index in [1.165, 1.54) is 12.1 Å². The maximum Gasteiger partial charge on any atom is 0.412 e. The van der Waals surface area contributed by atoms with Crippen LogP contribution in [-0.4, -0.2) is 23.5 Å². The van der Waals surface area contributed by atoms with Gasteiger partial charge in [-0.05, 0) is 45.9 Å². The van der Waals surface area contributed by atoms with Gasteiger partial charge in [-0.2, -0.15) is 0 Å². The first-order chi connectivity index (χ1) is 9.10. The van der Waals surface area contributed by atoms with Crippen LogP contribution in [0.3, 0.4) is 0 Å². The molecule has 0 aliphatic carbocycles. The number of halogens is 1. The SMILES string of the molecule is CC(N)C(=O)c1ccc(NC(=O)OC(C)(C)C)cc1Cl. The summed E-state index contributed by atoms with van der Waals surface area (Å²) in [5, 5.41) is 2.78. The van der Waals surface area contributed by atoms with Gasteiger partial charge in [-0.3, -0.25) is 10.1 Å². The molecule has 0 bridgehead atoms. The number of carbonyl (C=O) groups is 2. The highest BCUT2D eigenvalue weighted by atomic mass is 35.5. The van der Waals surface area contributed by atoms with Gasteiger partial charge in [0.15, 0.2) is 5.78 Å². The summed E-state index contributed by atoms with van der Waals surface area (Å²) >= 11 is 6.02. The number of carbonyl (C=O) groups excluding carboxylic acids is 2. The van der Waals surface area contributed by atoms with E-state index in [1.807, 2.05) is 0 Å². The molecule has 0 heterocycles. The summed E-state index contributed by atoms with van der Waals surface area (Å²) in [6.45, 7) is 6.89. The van der Waals surface area contributed by atoms with Crippen LogP contribution in [-0.2, 0) is 4.74 Å². The Morgan fingerprint density at radius 2 is 1.95 bits per heavy atom. The normalized spacial score (nSPS) is 12.7. The van der Waals surface area contributed by atoms with Gasteiger partial charge >= 0.3 is 6.09 Å².